The third kappa shape index (κ3) is 6.12. The monoisotopic (exact) mass is 589 g/mol. The van der Waals surface area contributed by atoms with Gasteiger partial charge in [0.15, 0.2) is 0 Å². The Morgan fingerprint density at radius 2 is 1.97 bits per heavy atom. The van der Waals surface area contributed by atoms with Crippen LogP contribution in [0.4, 0.5) is 28.8 Å². The van der Waals surface area contributed by atoms with Crippen LogP contribution in [0.25, 0.3) is 0 Å². The Labute approximate surface area is 224 Å². The Morgan fingerprint density at radius 3 is 2.70 bits per heavy atom. The van der Waals surface area contributed by atoms with E-state index in [4.69, 9.17) is 10.5 Å². The van der Waals surface area contributed by atoms with Crippen LogP contribution in [0.5, 0.6) is 5.75 Å². The van der Waals surface area contributed by atoms with E-state index in [9.17, 15) is 13.2 Å². The quantitative estimate of drug-likeness (QED) is 0.294. The molecule has 0 radical (unpaired) electrons. The predicted octanol–water partition coefficient (Wildman–Crippen LogP) is 3.34. The number of amides is 1. The predicted molar refractivity (Wildman–Crippen MR) is 146 cm³/mol. The van der Waals surface area contributed by atoms with Crippen LogP contribution >= 0.6 is 15.9 Å². The van der Waals surface area contributed by atoms with Crippen molar-refractivity contribution in [3.05, 3.63) is 53.1 Å². The van der Waals surface area contributed by atoms with E-state index in [-0.39, 0.29) is 22.7 Å². The molecule has 0 spiro atoms. The molecule has 0 bridgehead atoms. The number of rotatable bonds is 9. The number of methoxy groups -OCH3 is 1. The number of nitrogens with zero attached hydrogens (tertiary/aromatic N) is 3. The van der Waals surface area contributed by atoms with E-state index >= 15 is 0 Å². The van der Waals surface area contributed by atoms with Crippen molar-refractivity contribution >= 4 is 60.7 Å². The molecule has 37 heavy (non-hydrogen) atoms. The van der Waals surface area contributed by atoms with Crippen LogP contribution in [-0.2, 0) is 14.8 Å². The normalized spacial score (nSPS) is 15.8. The zero-order chi connectivity index (χ0) is 26.6. The molecule has 196 valence electrons. The molecule has 13 heteroatoms. The molecule has 1 unspecified atom stereocenters. The highest BCUT2D eigenvalue weighted by molar-refractivity contribution is 9.10. The van der Waals surface area contributed by atoms with E-state index in [1.165, 1.54) is 13.1 Å². The van der Waals surface area contributed by atoms with Gasteiger partial charge < -0.3 is 26.0 Å². The van der Waals surface area contributed by atoms with Gasteiger partial charge in [0.2, 0.25) is 21.9 Å². The SMILES string of the molecule is CNS(=O)(=O)c1ccccc1Nc1nc(Nc2ccc(N3CCCC(C(N)=O)C3)cc2OC)ncc1Br. The van der Waals surface area contributed by atoms with E-state index in [1.807, 2.05) is 18.2 Å². The Hall–Kier alpha value is -3.42. The van der Waals surface area contributed by atoms with Crippen molar-refractivity contribution in [2.75, 3.05) is 42.8 Å². The van der Waals surface area contributed by atoms with Crippen LogP contribution in [0.15, 0.2) is 58.0 Å². The molecule has 1 saturated heterocycles. The summed E-state index contributed by atoms with van der Waals surface area (Å²) in [6.45, 7) is 1.40. The molecule has 2 aromatic carbocycles. The maximum absolute atomic E-state index is 12.4. The number of carbonyl (C=O) groups is 1. The number of halogens is 1. The van der Waals surface area contributed by atoms with Gasteiger partial charge in [-0.1, -0.05) is 12.1 Å². The lowest BCUT2D eigenvalue weighted by Crippen LogP contribution is -2.41. The van der Waals surface area contributed by atoms with Gasteiger partial charge in [-0.3, -0.25) is 4.79 Å². The first-order chi connectivity index (χ1) is 17.7. The van der Waals surface area contributed by atoms with Gasteiger partial charge in [0.1, 0.15) is 16.5 Å². The Bertz CT molecular complexity index is 1400. The molecule has 1 aliphatic heterocycles. The van der Waals surface area contributed by atoms with Crippen LogP contribution in [0.2, 0.25) is 0 Å². The van der Waals surface area contributed by atoms with Crippen molar-refractivity contribution in [1.82, 2.24) is 14.7 Å². The number of hydrogen-bond donors (Lipinski definition) is 4. The third-order valence-electron chi connectivity index (χ3n) is 6.06. The van der Waals surface area contributed by atoms with Gasteiger partial charge in [-0.15, -0.1) is 0 Å². The number of benzene rings is 2. The number of ether oxygens (including phenoxy) is 1. The highest BCUT2D eigenvalue weighted by atomic mass is 79.9. The van der Waals surface area contributed by atoms with E-state index in [2.05, 4.69) is 46.2 Å². The number of para-hydroxylation sites is 1. The topological polar surface area (TPSA) is 152 Å². The van der Waals surface area contributed by atoms with Crippen LogP contribution in [0.3, 0.4) is 0 Å². The number of piperidine rings is 1. The first kappa shape index (κ1) is 26.6. The van der Waals surface area contributed by atoms with Crippen LogP contribution in [0.1, 0.15) is 12.8 Å². The molecular formula is C24H28BrN7O4S. The fourth-order valence-corrected chi connectivity index (χ4v) is 5.28. The number of aromatic nitrogens is 2. The number of sulfonamides is 1. The molecule has 1 aromatic heterocycles. The summed E-state index contributed by atoms with van der Waals surface area (Å²) in [5, 5.41) is 6.23. The molecule has 1 atom stereocenters. The molecular weight excluding hydrogens is 562 g/mol. The minimum atomic E-state index is -3.68. The summed E-state index contributed by atoms with van der Waals surface area (Å²) in [6, 6.07) is 12.2. The van der Waals surface area contributed by atoms with Crippen molar-refractivity contribution in [2.45, 2.75) is 17.7 Å². The molecule has 2 heterocycles. The second-order valence-electron chi connectivity index (χ2n) is 8.42. The highest BCUT2D eigenvalue weighted by Gasteiger charge is 2.25. The van der Waals surface area contributed by atoms with Gasteiger partial charge >= 0.3 is 0 Å². The smallest absolute Gasteiger partial charge is 0.242 e. The zero-order valence-corrected chi connectivity index (χ0v) is 22.8. The van der Waals surface area contributed by atoms with Gasteiger partial charge in [0, 0.05) is 31.0 Å². The van der Waals surface area contributed by atoms with E-state index in [0.717, 1.165) is 25.1 Å². The van der Waals surface area contributed by atoms with Crippen LogP contribution in [-0.4, -0.2) is 51.5 Å². The summed E-state index contributed by atoms with van der Waals surface area (Å²) in [7, 11) is -0.758. The molecule has 0 aliphatic carbocycles. The molecule has 1 aliphatic rings. The molecule has 1 fully saturated rings. The number of anilines is 5. The Morgan fingerprint density at radius 1 is 1.19 bits per heavy atom. The Kier molecular flexibility index (Phi) is 8.15. The average Bonchev–Trinajstić information content (AvgIpc) is 2.91. The summed E-state index contributed by atoms with van der Waals surface area (Å²) in [5.74, 6) is 0.770. The number of carbonyl (C=O) groups excluding carboxylic acids is 1. The summed E-state index contributed by atoms with van der Waals surface area (Å²) < 4.78 is 33.3. The first-order valence-electron chi connectivity index (χ1n) is 11.5. The largest absolute Gasteiger partial charge is 0.494 e. The standard InChI is InChI=1S/C24H28BrN7O4S/c1-27-37(34,35)21-8-4-3-7-19(21)29-23-17(25)13-28-24(31-23)30-18-10-9-16(12-20(18)36-2)32-11-5-6-15(14-32)22(26)33/h3-4,7-10,12-13,15,27H,5-6,11,14H2,1-2H3,(H2,26,33)(H2,28,29,30,31). The Balaban J connectivity index is 1.57. The maximum atomic E-state index is 12.4. The fraction of sp³-hybridized carbons (Fsp3) is 0.292. The molecule has 5 N–H and O–H groups in total. The second-order valence-corrected chi connectivity index (χ2v) is 11.1. The minimum absolute atomic E-state index is 0.0890. The van der Waals surface area contributed by atoms with Gasteiger partial charge in [-0.2, -0.15) is 4.98 Å². The fourth-order valence-electron chi connectivity index (χ4n) is 4.10. The van der Waals surface area contributed by atoms with E-state index < -0.39 is 10.0 Å². The van der Waals surface area contributed by atoms with Gasteiger partial charge in [0.05, 0.1) is 28.9 Å². The lowest BCUT2D eigenvalue weighted by Gasteiger charge is -2.33. The zero-order valence-electron chi connectivity index (χ0n) is 20.4. The molecule has 0 saturated carbocycles. The van der Waals surface area contributed by atoms with Gasteiger partial charge in [-0.05, 0) is 60.1 Å². The lowest BCUT2D eigenvalue weighted by molar-refractivity contribution is -0.122. The number of nitrogens with one attached hydrogen (secondary N) is 3. The first-order valence-corrected chi connectivity index (χ1v) is 13.8. The minimum Gasteiger partial charge on any atom is -0.494 e. The van der Waals surface area contributed by atoms with Crippen molar-refractivity contribution in [3.63, 3.8) is 0 Å². The molecule has 1 amide bonds. The number of hydrogen-bond acceptors (Lipinski definition) is 9. The maximum Gasteiger partial charge on any atom is 0.242 e. The van der Waals surface area contributed by atoms with Gasteiger partial charge in [-0.25, -0.2) is 18.1 Å². The second kappa shape index (κ2) is 11.3. The molecule has 4 rings (SSSR count). The van der Waals surface area contributed by atoms with Crippen molar-refractivity contribution in [2.24, 2.45) is 11.7 Å². The van der Waals surface area contributed by atoms with E-state index in [1.54, 1.807) is 31.5 Å². The van der Waals surface area contributed by atoms with Crippen LogP contribution in [0, 0.1) is 5.92 Å². The van der Waals surface area contributed by atoms with E-state index in [0.29, 0.717) is 34.0 Å². The van der Waals surface area contributed by atoms with Gasteiger partial charge in [0.25, 0.3) is 0 Å². The summed E-state index contributed by atoms with van der Waals surface area (Å²) >= 11 is 3.42. The summed E-state index contributed by atoms with van der Waals surface area (Å²) in [5.41, 5.74) is 7.45. The molecule has 3 aromatic rings. The van der Waals surface area contributed by atoms with Crippen LogP contribution < -0.4 is 30.7 Å². The number of primary amides is 1. The third-order valence-corrected chi connectivity index (χ3v) is 8.12. The number of nitrogens with two attached hydrogens (primary N) is 1. The lowest BCUT2D eigenvalue weighted by atomic mass is 9.97. The molecule has 11 nitrogen and oxygen atoms in total. The average molecular weight is 591 g/mol. The van der Waals surface area contributed by atoms with Crippen molar-refractivity contribution < 1.29 is 17.9 Å². The van der Waals surface area contributed by atoms with Crippen molar-refractivity contribution in [1.29, 1.82) is 0 Å². The van der Waals surface area contributed by atoms with Crippen molar-refractivity contribution in [3.8, 4) is 5.75 Å². The summed E-state index contributed by atoms with van der Waals surface area (Å²) in [6.07, 6.45) is 3.24. The highest BCUT2D eigenvalue weighted by Crippen LogP contribution is 2.34. The summed E-state index contributed by atoms with van der Waals surface area (Å²) in [4.78, 5) is 22.7.